The fourth-order valence-electron chi connectivity index (χ4n) is 3.44. The molecule has 0 bridgehead atoms. The first-order valence-corrected chi connectivity index (χ1v) is 9.28. The largest absolute Gasteiger partial charge is 0.378 e. The molecule has 1 aromatic carbocycles. The van der Waals surface area contributed by atoms with Gasteiger partial charge in [0.15, 0.2) is 0 Å². The average molecular weight is 413 g/mol. The molecule has 4 rings (SSSR count). The van der Waals surface area contributed by atoms with Gasteiger partial charge in [0.2, 0.25) is 17.6 Å². The van der Waals surface area contributed by atoms with Crippen LogP contribution in [0.3, 0.4) is 0 Å². The average Bonchev–Trinajstić information content (AvgIpc) is 3.19. The number of ether oxygens (including phenoxy) is 1. The molecule has 27 heavy (non-hydrogen) atoms. The molecule has 0 spiro atoms. The second kappa shape index (κ2) is 9.01. The van der Waals surface area contributed by atoms with E-state index >= 15 is 0 Å². The van der Waals surface area contributed by atoms with Crippen molar-refractivity contribution < 1.29 is 14.1 Å². The van der Waals surface area contributed by atoms with Crippen LogP contribution in [0.15, 0.2) is 28.8 Å². The van der Waals surface area contributed by atoms with Crippen LogP contribution in [0.25, 0.3) is 11.4 Å². The Hall–Kier alpha value is -1.67. The number of benzene rings is 1. The van der Waals surface area contributed by atoms with E-state index in [1.54, 1.807) is 12.1 Å². The van der Waals surface area contributed by atoms with Gasteiger partial charge in [-0.05, 0) is 37.1 Å². The summed E-state index contributed by atoms with van der Waals surface area (Å²) in [6.07, 6.45) is 1.85. The second-order valence-corrected chi connectivity index (χ2v) is 7.10. The first kappa shape index (κ1) is 20.1. The molecule has 146 valence electrons. The number of nitrogens with zero attached hydrogens (tertiary/aromatic N) is 3. The lowest BCUT2D eigenvalue weighted by Crippen LogP contribution is -2.54. The number of rotatable bonds is 3. The molecule has 1 amide bonds. The third-order valence-electron chi connectivity index (χ3n) is 4.85. The molecule has 2 unspecified atom stereocenters. The normalized spacial score (nSPS) is 22.9. The van der Waals surface area contributed by atoms with E-state index < -0.39 is 0 Å². The van der Waals surface area contributed by atoms with Crippen LogP contribution in [0.1, 0.15) is 24.7 Å². The topological polar surface area (TPSA) is 80.5 Å². The first-order valence-electron chi connectivity index (χ1n) is 8.90. The molecule has 0 radical (unpaired) electrons. The molecule has 7 nitrogen and oxygen atoms in total. The summed E-state index contributed by atoms with van der Waals surface area (Å²) in [6.45, 7) is 3.15. The van der Waals surface area contributed by atoms with Crippen LogP contribution in [0.5, 0.6) is 0 Å². The highest BCUT2D eigenvalue weighted by molar-refractivity contribution is 6.30. The summed E-state index contributed by atoms with van der Waals surface area (Å²) in [7, 11) is 0. The second-order valence-electron chi connectivity index (χ2n) is 6.67. The van der Waals surface area contributed by atoms with Crippen molar-refractivity contribution >= 4 is 29.9 Å². The van der Waals surface area contributed by atoms with Gasteiger partial charge in [-0.25, -0.2) is 0 Å². The number of hydrogen-bond donors (Lipinski definition) is 1. The number of aromatic nitrogens is 2. The first-order chi connectivity index (χ1) is 12.7. The fourth-order valence-corrected chi connectivity index (χ4v) is 3.57. The van der Waals surface area contributed by atoms with Gasteiger partial charge in [-0.1, -0.05) is 16.8 Å². The lowest BCUT2D eigenvalue weighted by molar-refractivity contribution is -0.137. The van der Waals surface area contributed by atoms with E-state index in [1.165, 1.54) is 0 Å². The van der Waals surface area contributed by atoms with Crippen LogP contribution < -0.4 is 5.32 Å². The van der Waals surface area contributed by atoms with Gasteiger partial charge in [-0.15, -0.1) is 12.4 Å². The number of nitrogens with one attached hydrogen (secondary N) is 1. The van der Waals surface area contributed by atoms with E-state index in [2.05, 4.69) is 15.5 Å². The van der Waals surface area contributed by atoms with Crippen molar-refractivity contribution in [2.24, 2.45) is 0 Å². The van der Waals surface area contributed by atoms with E-state index in [-0.39, 0.29) is 30.3 Å². The maximum atomic E-state index is 12.7. The van der Waals surface area contributed by atoms with Gasteiger partial charge in [0.05, 0.1) is 19.1 Å². The zero-order valence-corrected chi connectivity index (χ0v) is 16.3. The Morgan fingerprint density at radius 2 is 2.11 bits per heavy atom. The SMILES string of the molecule is Cl.O=C(C1COCCN1)N1CCCC(c2nc(-c3ccc(Cl)cc3)no2)C1. The number of halogens is 2. The van der Waals surface area contributed by atoms with Gasteiger partial charge in [0.1, 0.15) is 6.04 Å². The Bertz CT molecular complexity index is 762. The number of carbonyl (C=O) groups is 1. The molecule has 2 aliphatic heterocycles. The number of amides is 1. The van der Waals surface area contributed by atoms with Gasteiger partial charge in [0.25, 0.3) is 0 Å². The fraction of sp³-hybridized carbons (Fsp3) is 0.500. The highest BCUT2D eigenvalue weighted by Crippen LogP contribution is 2.28. The molecule has 2 saturated heterocycles. The predicted molar refractivity (Wildman–Crippen MR) is 103 cm³/mol. The zero-order chi connectivity index (χ0) is 17.9. The van der Waals surface area contributed by atoms with Gasteiger partial charge in [-0.2, -0.15) is 4.98 Å². The van der Waals surface area contributed by atoms with Crippen LogP contribution in [0.2, 0.25) is 5.02 Å². The summed E-state index contributed by atoms with van der Waals surface area (Å²) in [5, 5.41) is 7.97. The van der Waals surface area contributed by atoms with Crippen LogP contribution in [0, 0.1) is 0 Å². The number of carbonyl (C=O) groups excluding carboxylic acids is 1. The van der Waals surface area contributed by atoms with Crippen molar-refractivity contribution in [3.05, 3.63) is 35.2 Å². The molecule has 2 atom stereocenters. The van der Waals surface area contributed by atoms with Crippen molar-refractivity contribution in [1.29, 1.82) is 0 Å². The van der Waals surface area contributed by atoms with Crippen LogP contribution >= 0.6 is 24.0 Å². The van der Waals surface area contributed by atoms with E-state index in [0.29, 0.717) is 43.0 Å². The molecule has 0 saturated carbocycles. The lowest BCUT2D eigenvalue weighted by atomic mass is 9.97. The smallest absolute Gasteiger partial charge is 0.242 e. The van der Waals surface area contributed by atoms with Crippen LogP contribution in [-0.4, -0.2) is 59.8 Å². The maximum Gasteiger partial charge on any atom is 0.242 e. The van der Waals surface area contributed by atoms with Gasteiger partial charge in [-0.3, -0.25) is 4.79 Å². The standard InChI is InChI=1S/C18H21ClN4O3.ClH/c19-14-5-3-12(4-6-14)16-21-17(26-22-16)13-2-1-8-23(10-13)18(24)15-11-25-9-7-20-15;/h3-6,13,15,20H,1-2,7-11H2;1H. The van der Waals surface area contributed by atoms with Gasteiger partial charge < -0.3 is 19.5 Å². The molecule has 2 aliphatic rings. The minimum Gasteiger partial charge on any atom is -0.378 e. The van der Waals surface area contributed by atoms with Crippen molar-refractivity contribution in [2.75, 3.05) is 32.8 Å². The molecule has 1 aromatic heterocycles. The van der Waals surface area contributed by atoms with Crippen LogP contribution in [-0.2, 0) is 9.53 Å². The maximum absolute atomic E-state index is 12.7. The monoisotopic (exact) mass is 412 g/mol. The highest BCUT2D eigenvalue weighted by Gasteiger charge is 2.32. The quantitative estimate of drug-likeness (QED) is 0.833. The summed E-state index contributed by atoms with van der Waals surface area (Å²) in [5.74, 6) is 1.28. The Kier molecular flexibility index (Phi) is 6.70. The Morgan fingerprint density at radius 1 is 1.30 bits per heavy atom. The molecule has 0 aliphatic carbocycles. The molecule has 3 heterocycles. The summed E-state index contributed by atoms with van der Waals surface area (Å²) < 4.78 is 10.9. The summed E-state index contributed by atoms with van der Waals surface area (Å²) in [4.78, 5) is 19.1. The molecule has 1 N–H and O–H groups in total. The number of likely N-dealkylation sites (tertiary alicyclic amines) is 1. The Labute approximate surface area is 168 Å². The molecule has 2 fully saturated rings. The van der Waals surface area contributed by atoms with Crippen molar-refractivity contribution in [2.45, 2.75) is 24.8 Å². The molecular formula is C18H22Cl2N4O3. The molecule has 9 heteroatoms. The van der Waals surface area contributed by atoms with Gasteiger partial charge in [0, 0.05) is 30.2 Å². The van der Waals surface area contributed by atoms with Crippen LogP contribution in [0.4, 0.5) is 0 Å². The van der Waals surface area contributed by atoms with Crippen molar-refractivity contribution in [1.82, 2.24) is 20.4 Å². The van der Waals surface area contributed by atoms with E-state index in [9.17, 15) is 4.79 Å². The summed E-state index contributed by atoms with van der Waals surface area (Å²) >= 11 is 5.92. The third-order valence-corrected chi connectivity index (χ3v) is 5.10. The van der Waals surface area contributed by atoms with E-state index in [4.69, 9.17) is 20.9 Å². The highest BCUT2D eigenvalue weighted by atomic mass is 35.5. The zero-order valence-electron chi connectivity index (χ0n) is 14.8. The van der Waals surface area contributed by atoms with E-state index in [0.717, 1.165) is 24.9 Å². The van der Waals surface area contributed by atoms with Gasteiger partial charge >= 0.3 is 0 Å². The molecule has 2 aromatic rings. The minimum atomic E-state index is -0.255. The number of piperidine rings is 1. The van der Waals surface area contributed by atoms with Crippen molar-refractivity contribution in [3.8, 4) is 11.4 Å². The molecular weight excluding hydrogens is 391 g/mol. The minimum absolute atomic E-state index is 0. The third kappa shape index (κ3) is 4.60. The Balaban J connectivity index is 0.00000210. The number of hydrogen-bond acceptors (Lipinski definition) is 6. The predicted octanol–water partition coefficient (Wildman–Crippen LogP) is 2.51. The Morgan fingerprint density at radius 3 is 2.85 bits per heavy atom. The summed E-state index contributed by atoms with van der Waals surface area (Å²) in [6, 6.07) is 7.07. The van der Waals surface area contributed by atoms with E-state index in [1.807, 2.05) is 17.0 Å². The number of morpholine rings is 1. The summed E-state index contributed by atoms with van der Waals surface area (Å²) in [5.41, 5.74) is 0.858. The van der Waals surface area contributed by atoms with Crippen molar-refractivity contribution in [3.63, 3.8) is 0 Å². The lowest BCUT2D eigenvalue weighted by Gasteiger charge is -2.34.